The summed E-state index contributed by atoms with van der Waals surface area (Å²) < 4.78 is 0. The SMILES string of the molecule is C=C(CCC1CCC2C(C1)CC1C3CCC4C(C)(C)C(C(C)C5CCCN(C(CC)CC)C5)CCC45CC35CCC21C)C(C)(C)C.CC. The van der Waals surface area contributed by atoms with Crippen LogP contribution in [-0.4, -0.2) is 24.0 Å². The first-order valence-corrected chi connectivity index (χ1v) is 22.1. The third-order valence-electron chi connectivity index (χ3n) is 18.6. The molecule has 0 radical (unpaired) electrons. The highest BCUT2D eigenvalue weighted by atomic mass is 15.2. The molecule has 48 heavy (non-hydrogen) atoms. The molecule has 1 heteroatoms. The number of hydrogen-bond acceptors (Lipinski definition) is 1. The molecule has 2 spiro atoms. The van der Waals surface area contributed by atoms with Crippen molar-refractivity contribution in [3.05, 3.63) is 12.2 Å². The van der Waals surface area contributed by atoms with Crippen molar-refractivity contribution in [1.29, 1.82) is 0 Å². The Morgan fingerprint density at radius 1 is 0.833 bits per heavy atom. The van der Waals surface area contributed by atoms with Crippen molar-refractivity contribution in [2.75, 3.05) is 13.1 Å². The largest absolute Gasteiger partial charge is 0.300 e. The molecule has 12 atom stereocenters. The standard InChI is InChI=1S/C45H77N.C2H6/c1-11-35(12-2)46-25-13-14-33(28-46)31(4)36-21-22-45-29-44(45)24-23-43(10)37-18-17-32(16-15-30(3)41(5,6)7)26-34(37)27-39(43)38(44)19-20-40(45)42(36,8)9;1-2/h31-40H,3,11-29H2,1-2,4-10H3;1-2H3. The van der Waals surface area contributed by atoms with E-state index in [1.807, 2.05) is 13.8 Å². The van der Waals surface area contributed by atoms with Crippen LogP contribution in [0.2, 0.25) is 0 Å². The zero-order chi connectivity index (χ0) is 34.9. The minimum absolute atomic E-state index is 0.274. The van der Waals surface area contributed by atoms with Crippen molar-refractivity contribution in [2.24, 2.45) is 80.3 Å². The summed E-state index contributed by atoms with van der Waals surface area (Å²) >= 11 is 0. The van der Waals surface area contributed by atoms with Gasteiger partial charge in [0.05, 0.1) is 0 Å². The molecule has 1 aliphatic heterocycles. The van der Waals surface area contributed by atoms with E-state index in [4.69, 9.17) is 0 Å². The monoisotopic (exact) mass is 662 g/mol. The Labute approximate surface area is 301 Å². The number of piperidine rings is 1. The van der Waals surface area contributed by atoms with E-state index in [1.54, 1.807) is 57.8 Å². The highest BCUT2D eigenvalue weighted by molar-refractivity contribution is 5.29. The lowest BCUT2D eigenvalue weighted by atomic mass is 9.44. The van der Waals surface area contributed by atoms with Crippen LogP contribution in [0.3, 0.4) is 0 Å². The summed E-state index contributed by atoms with van der Waals surface area (Å²) in [6.45, 7) is 34.3. The van der Waals surface area contributed by atoms with Crippen molar-refractivity contribution in [2.45, 2.75) is 191 Å². The average molecular weight is 662 g/mol. The van der Waals surface area contributed by atoms with Crippen molar-refractivity contribution in [3.63, 3.8) is 0 Å². The van der Waals surface area contributed by atoms with Crippen LogP contribution in [-0.2, 0) is 0 Å². The molecule has 1 heterocycles. The molecule has 12 unspecified atom stereocenters. The van der Waals surface area contributed by atoms with Gasteiger partial charge >= 0.3 is 0 Å². The maximum absolute atomic E-state index is 4.50. The third kappa shape index (κ3) is 5.87. The summed E-state index contributed by atoms with van der Waals surface area (Å²) in [7, 11) is 0. The van der Waals surface area contributed by atoms with Gasteiger partial charge in [0.2, 0.25) is 0 Å². The van der Waals surface area contributed by atoms with E-state index in [-0.39, 0.29) is 5.41 Å². The molecule has 0 amide bonds. The van der Waals surface area contributed by atoms with E-state index in [9.17, 15) is 0 Å². The van der Waals surface area contributed by atoms with Gasteiger partial charge in [0.15, 0.2) is 0 Å². The quantitative estimate of drug-likeness (QED) is 0.234. The Kier molecular flexibility index (Phi) is 10.6. The molecule has 1 saturated heterocycles. The fourth-order valence-electron chi connectivity index (χ4n) is 15.9. The van der Waals surface area contributed by atoms with Crippen LogP contribution in [0.15, 0.2) is 12.2 Å². The summed E-state index contributed by atoms with van der Waals surface area (Å²) in [6, 6.07) is 0.815. The van der Waals surface area contributed by atoms with E-state index in [1.165, 1.54) is 70.0 Å². The molecule has 276 valence electrons. The molecule has 6 aliphatic carbocycles. The lowest BCUT2D eigenvalue weighted by Crippen LogP contribution is -2.54. The smallest absolute Gasteiger partial charge is 0.00901 e. The molecule has 0 aromatic rings. The molecule has 0 aromatic heterocycles. The van der Waals surface area contributed by atoms with Gasteiger partial charge in [-0.1, -0.05) is 94.7 Å². The van der Waals surface area contributed by atoms with Gasteiger partial charge in [-0.05, 0) is 190 Å². The van der Waals surface area contributed by atoms with Crippen LogP contribution in [0, 0.1) is 80.3 Å². The number of nitrogens with zero attached hydrogens (tertiary/aromatic N) is 1. The van der Waals surface area contributed by atoms with Gasteiger partial charge in [0.1, 0.15) is 0 Å². The van der Waals surface area contributed by atoms with Crippen LogP contribution in [0.4, 0.5) is 0 Å². The van der Waals surface area contributed by atoms with E-state index in [2.05, 4.69) is 73.8 Å². The molecule has 6 saturated carbocycles. The fraction of sp³-hybridized carbons (Fsp3) is 0.957. The summed E-state index contributed by atoms with van der Waals surface area (Å²) in [4.78, 5) is 2.91. The summed E-state index contributed by atoms with van der Waals surface area (Å²) in [5.41, 5.74) is 4.37. The topological polar surface area (TPSA) is 3.24 Å². The predicted molar refractivity (Wildman–Crippen MR) is 209 cm³/mol. The van der Waals surface area contributed by atoms with Gasteiger partial charge in [0.25, 0.3) is 0 Å². The summed E-state index contributed by atoms with van der Waals surface area (Å²) in [5, 5.41) is 0. The summed E-state index contributed by atoms with van der Waals surface area (Å²) in [5.74, 6) is 8.85. The molecule has 7 aliphatic rings. The summed E-state index contributed by atoms with van der Waals surface area (Å²) in [6.07, 6.45) is 25.5. The van der Waals surface area contributed by atoms with Crippen molar-refractivity contribution >= 4 is 0 Å². The first-order valence-electron chi connectivity index (χ1n) is 22.1. The molecule has 1 nitrogen and oxygen atoms in total. The highest BCUT2D eigenvalue weighted by Crippen LogP contribution is 2.88. The van der Waals surface area contributed by atoms with E-state index < -0.39 is 0 Å². The fourth-order valence-corrected chi connectivity index (χ4v) is 15.9. The van der Waals surface area contributed by atoms with E-state index in [0.29, 0.717) is 16.2 Å². The second-order valence-corrected chi connectivity index (χ2v) is 21.2. The van der Waals surface area contributed by atoms with Gasteiger partial charge in [-0.15, -0.1) is 0 Å². The Hall–Kier alpha value is -0.300. The van der Waals surface area contributed by atoms with E-state index in [0.717, 1.165) is 64.7 Å². The van der Waals surface area contributed by atoms with Crippen LogP contribution in [0.25, 0.3) is 0 Å². The Morgan fingerprint density at radius 2 is 1.54 bits per heavy atom. The minimum Gasteiger partial charge on any atom is -0.300 e. The van der Waals surface area contributed by atoms with Gasteiger partial charge in [0, 0.05) is 12.6 Å². The predicted octanol–water partition coefficient (Wildman–Crippen LogP) is 13.6. The average Bonchev–Trinajstić information content (AvgIpc) is 3.64. The lowest BCUT2D eigenvalue weighted by molar-refractivity contribution is -0.125. The van der Waals surface area contributed by atoms with Gasteiger partial charge in [-0.2, -0.15) is 0 Å². The van der Waals surface area contributed by atoms with Gasteiger partial charge < -0.3 is 4.90 Å². The minimum atomic E-state index is 0.274. The molecular formula is C47H83N. The number of hydrogen-bond donors (Lipinski definition) is 0. The maximum Gasteiger partial charge on any atom is 0.00901 e. The number of likely N-dealkylation sites (tertiary alicyclic amines) is 1. The third-order valence-corrected chi connectivity index (χ3v) is 18.6. The first-order chi connectivity index (χ1) is 22.7. The zero-order valence-corrected chi connectivity index (χ0v) is 34.4. The molecule has 7 rings (SSSR count). The lowest BCUT2D eigenvalue weighted by Gasteiger charge is -2.61. The van der Waals surface area contributed by atoms with Crippen LogP contribution >= 0.6 is 0 Å². The van der Waals surface area contributed by atoms with Crippen molar-refractivity contribution < 1.29 is 0 Å². The van der Waals surface area contributed by atoms with E-state index >= 15 is 0 Å². The van der Waals surface area contributed by atoms with Crippen LogP contribution < -0.4 is 0 Å². The Bertz CT molecular complexity index is 1120. The molecule has 0 aromatic carbocycles. The van der Waals surface area contributed by atoms with Gasteiger partial charge in [-0.25, -0.2) is 0 Å². The van der Waals surface area contributed by atoms with Crippen molar-refractivity contribution in [1.82, 2.24) is 4.90 Å². The number of allylic oxidation sites excluding steroid dienone is 1. The number of fused-ring (bicyclic) bond motifs is 4. The van der Waals surface area contributed by atoms with Crippen LogP contribution in [0.5, 0.6) is 0 Å². The van der Waals surface area contributed by atoms with Crippen LogP contribution in [0.1, 0.15) is 185 Å². The molecule has 0 bridgehead atoms. The molecule has 0 N–H and O–H groups in total. The van der Waals surface area contributed by atoms with Crippen molar-refractivity contribution in [3.8, 4) is 0 Å². The van der Waals surface area contributed by atoms with Gasteiger partial charge in [-0.3, -0.25) is 0 Å². The zero-order valence-electron chi connectivity index (χ0n) is 34.4. The number of rotatable bonds is 8. The Morgan fingerprint density at radius 3 is 2.23 bits per heavy atom. The highest BCUT2D eigenvalue weighted by Gasteiger charge is 2.80. The maximum atomic E-state index is 4.50. The molecular weight excluding hydrogens is 579 g/mol. The Balaban J connectivity index is 0.00000197. The first kappa shape index (κ1) is 37.5. The normalized spacial score (nSPS) is 45.4. The second kappa shape index (κ2) is 13.6. The second-order valence-electron chi connectivity index (χ2n) is 21.2. The molecule has 7 fully saturated rings.